The fourth-order valence-electron chi connectivity index (χ4n) is 4.08. The highest BCUT2D eigenvalue weighted by atomic mass is 32.1. The molecule has 0 N–H and O–H groups in total. The van der Waals surface area contributed by atoms with Crippen LogP contribution in [0, 0.1) is 6.92 Å². The van der Waals surface area contributed by atoms with E-state index < -0.39 is 0 Å². The van der Waals surface area contributed by atoms with E-state index in [2.05, 4.69) is 24.3 Å². The van der Waals surface area contributed by atoms with Crippen LogP contribution in [0.4, 0.5) is 0 Å². The van der Waals surface area contributed by atoms with Gasteiger partial charge in [0.1, 0.15) is 10.8 Å². The number of carbonyl (C=O) groups excluding carboxylic acids is 1. The standard InChI is InChI=1S/C28H23NO2S/c1-19-18-32-28(29-19)26-23-15-14-22(31-16-8-11-20-9-4-2-5-10-20)17-24(23)27(30)25(26)21-12-6-3-7-13-21/h2-7,9-10,12-15,17-18H,8,11,16H2,1H3. The van der Waals surface area contributed by atoms with Crippen molar-refractivity contribution in [3.8, 4) is 5.75 Å². The van der Waals surface area contributed by atoms with E-state index in [1.165, 1.54) is 5.56 Å². The molecule has 3 nitrogen and oxygen atoms in total. The van der Waals surface area contributed by atoms with Crippen molar-refractivity contribution in [3.05, 3.63) is 117 Å². The van der Waals surface area contributed by atoms with E-state index >= 15 is 0 Å². The third kappa shape index (κ3) is 4.02. The Morgan fingerprint density at radius 3 is 2.34 bits per heavy atom. The van der Waals surface area contributed by atoms with Crippen LogP contribution in [0.25, 0.3) is 11.1 Å². The Hall–Kier alpha value is -3.50. The number of Topliss-reactive ketones (excluding diaryl/α,β-unsaturated/α-hetero) is 1. The lowest BCUT2D eigenvalue weighted by atomic mass is 10.00. The van der Waals surface area contributed by atoms with Crippen molar-refractivity contribution in [2.75, 3.05) is 6.61 Å². The van der Waals surface area contributed by atoms with Gasteiger partial charge in [0.25, 0.3) is 0 Å². The molecule has 0 spiro atoms. The second kappa shape index (κ2) is 8.93. The Kier molecular flexibility index (Phi) is 5.70. The van der Waals surface area contributed by atoms with Crippen molar-refractivity contribution in [3.63, 3.8) is 0 Å². The number of ether oxygens (including phenoxy) is 1. The fraction of sp³-hybridized carbons (Fsp3) is 0.143. The Bertz CT molecular complexity index is 1290. The van der Waals surface area contributed by atoms with E-state index in [1.54, 1.807) is 11.3 Å². The predicted molar refractivity (Wildman–Crippen MR) is 130 cm³/mol. The molecule has 0 atom stereocenters. The molecule has 4 aromatic rings. The van der Waals surface area contributed by atoms with E-state index in [9.17, 15) is 4.79 Å². The van der Waals surface area contributed by atoms with E-state index in [4.69, 9.17) is 9.72 Å². The molecule has 158 valence electrons. The first kappa shape index (κ1) is 20.4. The highest BCUT2D eigenvalue weighted by Crippen LogP contribution is 2.44. The molecule has 32 heavy (non-hydrogen) atoms. The lowest BCUT2D eigenvalue weighted by Crippen LogP contribution is -2.02. The van der Waals surface area contributed by atoms with Gasteiger partial charge in [-0.25, -0.2) is 4.98 Å². The summed E-state index contributed by atoms with van der Waals surface area (Å²) in [6.07, 6.45) is 1.89. The maximum Gasteiger partial charge on any atom is 0.195 e. The minimum absolute atomic E-state index is 0.0313. The summed E-state index contributed by atoms with van der Waals surface area (Å²) in [6.45, 7) is 2.59. The molecule has 0 unspecified atom stereocenters. The molecule has 0 fully saturated rings. The second-order valence-corrected chi connectivity index (χ2v) is 8.74. The van der Waals surface area contributed by atoms with Crippen LogP contribution >= 0.6 is 11.3 Å². The van der Waals surface area contributed by atoms with Crippen LogP contribution in [0.2, 0.25) is 0 Å². The monoisotopic (exact) mass is 437 g/mol. The zero-order valence-electron chi connectivity index (χ0n) is 17.9. The Labute approximate surface area is 192 Å². The van der Waals surface area contributed by atoms with Crippen LogP contribution < -0.4 is 4.74 Å². The molecule has 1 aliphatic carbocycles. The van der Waals surface area contributed by atoms with Crippen molar-refractivity contribution in [1.29, 1.82) is 0 Å². The van der Waals surface area contributed by atoms with Crippen molar-refractivity contribution < 1.29 is 9.53 Å². The second-order valence-electron chi connectivity index (χ2n) is 7.88. The molecule has 0 bridgehead atoms. The summed E-state index contributed by atoms with van der Waals surface area (Å²) in [7, 11) is 0. The van der Waals surface area contributed by atoms with Crippen LogP contribution in [0.3, 0.4) is 0 Å². The van der Waals surface area contributed by atoms with Crippen molar-refractivity contribution in [2.45, 2.75) is 19.8 Å². The summed E-state index contributed by atoms with van der Waals surface area (Å²) in [6, 6.07) is 26.1. The van der Waals surface area contributed by atoms with Gasteiger partial charge in [0.15, 0.2) is 5.78 Å². The molecule has 1 aliphatic rings. The van der Waals surface area contributed by atoms with Gasteiger partial charge in [0, 0.05) is 27.8 Å². The van der Waals surface area contributed by atoms with Crippen LogP contribution in [0.15, 0.2) is 84.2 Å². The lowest BCUT2D eigenvalue weighted by molar-refractivity contribution is 0.105. The summed E-state index contributed by atoms with van der Waals surface area (Å²) in [5, 5.41) is 2.91. The van der Waals surface area contributed by atoms with Gasteiger partial charge in [-0.05, 0) is 54.7 Å². The van der Waals surface area contributed by atoms with Crippen molar-refractivity contribution >= 4 is 28.3 Å². The largest absolute Gasteiger partial charge is 0.494 e. The zero-order valence-corrected chi connectivity index (χ0v) is 18.7. The molecule has 0 aliphatic heterocycles. The molecule has 0 saturated carbocycles. The smallest absolute Gasteiger partial charge is 0.195 e. The molecular weight excluding hydrogens is 414 g/mol. The highest BCUT2D eigenvalue weighted by Gasteiger charge is 2.33. The van der Waals surface area contributed by atoms with E-state index in [0.717, 1.165) is 51.6 Å². The van der Waals surface area contributed by atoms with Gasteiger partial charge in [-0.2, -0.15) is 0 Å². The first-order valence-corrected chi connectivity index (χ1v) is 11.7. The van der Waals surface area contributed by atoms with Gasteiger partial charge in [0.2, 0.25) is 0 Å². The van der Waals surface area contributed by atoms with Gasteiger partial charge in [0.05, 0.1) is 6.61 Å². The number of aryl methyl sites for hydroxylation is 2. The van der Waals surface area contributed by atoms with Gasteiger partial charge in [-0.15, -0.1) is 11.3 Å². The number of thiazole rings is 1. The highest BCUT2D eigenvalue weighted by molar-refractivity contribution is 7.11. The summed E-state index contributed by atoms with van der Waals surface area (Å²) in [5.41, 5.74) is 6.44. The molecule has 1 aromatic heterocycles. The van der Waals surface area contributed by atoms with Crippen molar-refractivity contribution in [2.24, 2.45) is 0 Å². The number of fused-ring (bicyclic) bond motifs is 1. The molecule has 0 saturated heterocycles. The number of benzene rings is 3. The van der Waals surface area contributed by atoms with Gasteiger partial charge >= 0.3 is 0 Å². The number of allylic oxidation sites excluding steroid dienone is 1. The summed E-state index contributed by atoms with van der Waals surface area (Å²) < 4.78 is 6.00. The maximum absolute atomic E-state index is 13.5. The van der Waals surface area contributed by atoms with Crippen LogP contribution in [0.5, 0.6) is 5.75 Å². The summed E-state index contributed by atoms with van der Waals surface area (Å²) in [5.74, 6) is 0.762. The summed E-state index contributed by atoms with van der Waals surface area (Å²) >= 11 is 1.58. The Morgan fingerprint density at radius 1 is 0.875 bits per heavy atom. The van der Waals surface area contributed by atoms with E-state index in [1.807, 2.05) is 66.9 Å². The quantitative estimate of drug-likeness (QED) is 0.305. The van der Waals surface area contributed by atoms with Crippen LogP contribution in [-0.2, 0) is 6.42 Å². The minimum atomic E-state index is 0.0313. The van der Waals surface area contributed by atoms with Crippen LogP contribution in [-0.4, -0.2) is 17.4 Å². The number of nitrogens with zero attached hydrogens (tertiary/aromatic N) is 1. The normalized spacial score (nSPS) is 12.8. The third-order valence-electron chi connectivity index (χ3n) is 5.60. The van der Waals surface area contributed by atoms with Gasteiger partial charge < -0.3 is 4.74 Å². The SMILES string of the molecule is Cc1csc(C2=C(c3ccccc3)C(=O)c3cc(OCCCc4ccccc4)ccc32)n1. The van der Waals surface area contributed by atoms with Gasteiger partial charge in [-0.3, -0.25) is 4.79 Å². The maximum atomic E-state index is 13.5. The third-order valence-corrected chi connectivity index (χ3v) is 6.58. The number of hydrogen-bond acceptors (Lipinski definition) is 4. The Balaban J connectivity index is 1.41. The van der Waals surface area contributed by atoms with Crippen molar-refractivity contribution in [1.82, 2.24) is 4.98 Å². The molecule has 0 amide bonds. The molecule has 5 rings (SSSR count). The van der Waals surface area contributed by atoms with E-state index in [0.29, 0.717) is 12.2 Å². The Morgan fingerprint density at radius 2 is 1.62 bits per heavy atom. The van der Waals surface area contributed by atoms with Gasteiger partial charge in [-0.1, -0.05) is 60.7 Å². The topological polar surface area (TPSA) is 39.2 Å². The number of carbonyl (C=O) groups is 1. The molecular formula is C28H23NO2S. The molecule has 1 heterocycles. The number of rotatable bonds is 7. The number of aromatic nitrogens is 1. The van der Waals surface area contributed by atoms with Crippen LogP contribution in [0.1, 0.15) is 44.2 Å². The molecule has 4 heteroatoms. The average molecular weight is 438 g/mol. The van der Waals surface area contributed by atoms with E-state index in [-0.39, 0.29) is 5.78 Å². The first-order valence-electron chi connectivity index (χ1n) is 10.8. The summed E-state index contributed by atoms with van der Waals surface area (Å²) in [4.78, 5) is 18.2. The average Bonchev–Trinajstić information content (AvgIpc) is 3.38. The molecule has 3 aromatic carbocycles. The lowest BCUT2D eigenvalue weighted by Gasteiger charge is -2.09. The fourth-order valence-corrected chi connectivity index (χ4v) is 4.95. The minimum Gasteiger partial charge on any atom is -0.494 e. The number of ketones is 1. The first-order chi connectivity index (χ1) is 15.7. The number of hydrogen-bond donors (Lipinski definition) is 0. The zero-order chi connectivity index (χ0) is 21.9. The predicted octanol–water partition coefficient (Wildman–Crippen LogP) is 6.62. The molecule has 0 radical (unpaired) electrons.